The van der Waals surface area contributed by atoms with Crippen LogP contribution in [0.2, 0.25) is 5.02 Å². The van der Waals surface area contributed by atoms with E-state index in [1.165, 1.54) is 19.3 Å². The molecule has 0 bridgehead atoms. The van der Waals surface area contributed by atoms with Gasteiger partial charge in [-0.2, -0.15) is 0 Å². The van der Waals surface area contributed by atoms with Crippen LogP contribution in [-0.4, -0.2) is 53.9 Å². The number of ether oxygens (including phenoxy) is 1. The third-order valence-electron chi connectivity index (χ3n) is 6.41. The largest absolute Gasteiger partial charge is 0.490 e. The molecule has 2 heterocycles. The zero-order valence-electron chi connectivity index (χ0n) is 17.0. The third-order valence-corrected chi connectivity index (χ3v) is 6.64. The number of piperidine rings is 2. The highest BCUT2D eigenvalue weighted by Gasteiger charge is 2.36. The van der Waals surface area contributed by atoms with Crippen molar-refractivity contribution in [2.75, 3.05) is 26.2 Å². The first-order valence-electron chi connectivity index (χ1n) is 11.1. The molecule has 3 aliphatic rings. The lowest BCUT2D eigenvalue weighted by Gasteiger charge is -2.39. The molecule has 2 saturated heterocycles. The molecule has 2 amide bonds. The normalized spacial score (nSPS) is 25.0. The highest BCUT2D eigenvalue weighted by molar-refractivity contribution is 6.30. The molecule has 1 aliphatic carbocycles. The number of carbonyl (C=O) groups excluding carboxylic acids is 2. The van der Waals surface area contributed by atoms with Gasteiger partial charge in [0.25, 0.3) is 0 Å². The van der Waals surface area contributed by atoms with Crippen molar-refractivity contribution in [3.05, 3.63) is 29.3 Å². The molecule has 0 unspecified atom stereocenters. The summed E-state index contributed by atoms with van der Waals surface area (Å²) in [5.74, 6) is 1.77. The maximum Gasteiger partial charge on any atom is 0.223 e. The Morgan fingerprint density at radius 1 is 0.966 bits per heavy atom. The van der Waals surface area contributed by atoms with E-state index < -0.39 is 0 Å². The minimum absolute atomic E-state index is 0.0142. The lowest BCUT2D eigenvalue weighted by atomic mass is 9.90. The van der Waals surface area contributed by atoms with Gasteiger partial charge in [0.1, 0.15) is 11.9 Å². The van der Waals surface area contributed by atoms with Crippen LogP contribution in [0.15, 0.2) is 24.3 Å². The monoisotopic (exact) mass is 418 g/mol. The Kier molecular flexibility index (Phi) is 6.63. The molecule has 2 aliphatic heterocycles. The van der Waals surface area contributed by atoms with Gasteiger partial charge in [-0.15, -0.1) is 0 Å². The second-order valence-corrected chi connectivity index (χ2v) is 9.23. The zero-order valence-corrected chi connectivity index (χ0v) is 17.8. The van der Waals surface area contributed by atoms with Gasteiger partial charge in [-0.25, -0.2) is 0 Å². The van der Waals surface area contributed by atoms with Crippen LogP contribution in [0, 0.1) is 11.8 Å². The van der Waals surface area contributed by atoms with Crippen LogP contribution in [0.3, 0.4) is 0 Å². The van der Waals surface area contributed by atoms with Gasteiger partial charge in [0, 0.05) is 56.4 Å². The molecule has 6 heteroatoms. The standard InChI is InChI=1S/C23H31ClN2O3/c24-19-5-4-6-20(15-19)29-21-9-12-26(22(27)13-17-7-8-17)16-18(21)14-23(28)25-10-2-1-3-11-25/h4-6,15,17-18,21H,1-3,7-14,16H2/t18-,21-/m0/s1. The zero-order chi connectivity index (χ0) is 20.2. The van der Waals surface area contributed by atoms with E-state index in [-0.39, 0.29) is 23.8 Å². The number of likely N-dealkylation sites (tertiary alicyclic amines) is 2. The summed E-state index contributed by atoms with van der Waals surface area (Å²) in [6, 6.07) is 7.42. The molecule has 5 nitrogen and oxygen atoms in total. The van der Waals surface area contributed by atoms with Gasteiger partial charge in [0.05, 0.1) is 0 Å². The van der Waals surface area contributed by atoms with E-state index in [0.29, 0.717) is 36.9 Å². The van der Waals surface area contributed by atoms with E-state index in [2.05, 4.69) is 0 Å². The maximum atomic E-state index is 12.9. The van der Waals surface area contributed by atoms with Gasteiger partial charge in [-0.05, 0) is 56.2 Å². The second kappa shape index (κ2) is 9.38. The average Bonchev–Trinajstić information content (AvgIpc) is 3.54. The molecular formula is C23H31ClN2O3. The van der Waals surface area contributed by atoms with Crippen molar-refractivity contribution in [3.8, 4) is 5.75 Å². The van der Waals surface area contributed by atoms with E-state index in [1.54, 1.807) is 0 Å². The molecule has 0 spiro atoms. The van der Waals surface area contributed by atoms with Crippen LogP contribution in [-0.2, 0) is 9.59 Å². The highest BCUT2D eigenvalue weighted by atomic mass is 35.5. The second-order valence-electron chi connectivity index (χ2n) is 8.80. The van der Waals surface area contributed by atoms with Gasteiger partial charge in [0.15, 0.2) is 0 Å². The molecule has 29 heavy (non-hydrogen) atoms. The quantitative estimate of drug-likeness (QED) is 0.697. The fourth-order valence-corrected chi connectivity index (χ4v) is 4.68. The van der Waals surface area contributed by atoms with Crippen molar-refractivity contribution in [1.82, 2.24) is 9.80 Å². The molecule has 1 saturated carbocycles. The van der Waals surface area contributed by atoms with E-state index in [4.69, 9.17) is 16.3 Å². The Bertz CT molecular complexity index is 731. The molecule has 158 valence electrons. The third kappa shape index (κ3) is 5.65. The predicted molar refractivity (Wildman–Crippen MR) is 113 cm³/mol. The molecule has 4 rings (SSSR count). The predicted octanol–water partition coefficient (Wildman–Crippen LogP) is 4.14. The molecule has 1 aromatic carbocycles. The highest BCUT2D eigenvalue weighted by Crippen LogP contribution is 2.34. The number of halogens is 1. The number of hydrogen-bond acceptors (Lipinski definition) is 3. The Labute approximate surface area is 178 Å². The van der Waals surface area contributed by atoms with Gasteiger partial charge >= 0.3 is 0 Å². The summed E-state index contributed by atoms with van der Waals surface area (Å²) < 4.78 is 6.27. The maximum absolute atomic E-state index is 12.9. The van der Waals surface area contributed by atoms with Crippen LogP contribution < -0.4 is 4.74 Å². The lowest BCUT2D eigenvalue weighted by Crippen LogP contribution is -2.50. The molecule has 1 aromatic rings. The Morgan fingerprint density at radius 3 is 2.45 bits per heavy atom. The number of nitrogens with zero attached hydrogens (tertiary/aromatic N) is 2. The minimum atomic E-state index is -0.0767. The number of rotatable bonds is 6. The van der Waals surface area contributed by atoms with Gasteiger partial charge in [-0.1, -0.05) is 17.7 Å². The minimum Gasteiger partial charge on any atom is -0.490 e. The van der Waals surface area contributed by atoms with E-state index in [9.17, 15) is 9.59 Å². The summed E-state index contributed by atoms with van der Waals surface area (Å²) in [5, 5.41) is 0.639. The van der Waals surface area contributed by atoms with Crippen molar-refractivity contribution in [3.63, 3.8) is 0 Å². The lowest BCUT2D eigenvalue weighted by molar-refractivity contribution is -0.139. The molecule has 2 atom stereocenters. The van der Waals surface area contributed by atoms with E-state index in [1.807, 2.05) is 34.1 Å². The first-order valence-corrected chi connectivity index (χ1v) is 11.4. The van der Waals surface area contributed by atoms with Crippen molar-refractivity contribution in [2.24, 2.45) is 11.8 Å². The summed E-state index contributed by atoms with van der Waals surface area (Å²) in [6.07, 6.45) is 7.51. The fraction of sp³-hybridized carbons (Fsp3) is 0.652. The van der Waals surface area contributed by atoms with Crippen molar-refractivity contribution >= 4 is 23.4 Å². The SMILES string of the molecule is O=C(C[C@H]1CN(C(=O)CC2CC2)CC[C@@H]1Oc1cccc(Cl)c1)N1CCCCC1. The van der Waals surface area contributed by atoms with Crippen molar-refractivity contribution in [2.45, 2.75) is 57.5 Å². The summed E-state index contributed by atoms with van der Waals surface area (Å²) in [5.41, 5.74) is 0. The van der Waals surface area contributed by atoms with Gasteiger partial charge in [0.2, 0.25) is 11.8 Å². The van der Waals surface area contributed by atoms with Crippen molar-refractivity contribution in [1.29, 1.82) is 0 Å². The molecular weight excluding hydrogens is 388 g/mol. The van der Waals surface area contributed by atoms with Crippen LogP contribution in [0.25, 0.3) is 0 Å². The Balaban J connectivity index is 1.43. The van der Waals surface area contributed by atoms with Crippen LogP contribution in [0.4, 0.5) is 0 Å². The first-order chi connectivity index (χ1) is 14.1. The summed E-state index contributed by atoms with van der Waals surface area (Å²) in [7, 11) is 0. The van der Waals surface area contributed by atoms with E-state index >= 15 is 0 Å². The average molecular weight is 419 g/mol. The van der Waals surface area contributed by atoms with Gasteiger partial charge < -0.3 is 14.5 Å². The summed E-state index contributed by atoms with van der Waals surface area (Å²) >= 11 is 6.11. The molecule has 0 aromatic heterocycles. The van der Waals surface area contributed by atoms with E-state index in [0.717, 1.165) is 38.1 Å². The summed E-state index contributed by atoms with van der Waals surface area (Å²) in [4.78, 5) is 29.5. The smallest absolute Gasteiger partial charge is 0.223 e. The summed E-state index contributed by atoms with van der Waals surface area (Å²) in [6.45, 7) is 3.02. The van der Waals surface area contributed by atoms with Crippen LogP contribution >= 0.6 is 11.6 Å². The topological polar surface area (TPSA) is 49.9 Å². The molecule has 0 radical (unpaired) electrons. The van der Waals surface area contributed by atoms with Crippen molar-refractivity contribution < 1.29 is 14.3 Å². The molecule has 0 N–H and O–H groups in total. The Hall–Kier alpha value is -1.75. The van der Waals surface area contributed by atoms with Crippen LogP contribution in [0.1, 0.15) is 51.4 Å². The fourth-order valence-electron chi connectivity index (χ4n) is 4.50. The Morgan fingerprint density at radius 2 is 1.72 bits per heavy atom. The number of hydrogen-bond donors (Lipinski definition) is 0. The van der Waals surface area contributed by atoms with Crippen LogP contribution in [0.5, 0.6) is 5.75 Å². The number of carbonyl (C=O) groups is 2. The number of benzene rings is 1. The number of amides is 2. The molecule has 3 fully saturated rings. The first kappa shape index (κ1) is 20.5. The van der Waals surface area contributed by atoms with Gasteiger partial charge in [-0.3, -0.25) is 9.59 Å².